The van der Waals surface area contributed by atoms with Crippen molar-refractivity contribution >= 4 is 39.3 Å². The lowest BCUT2D eigenvalue weighted by molar-refractivity contribution is -0.113. The molecule has 0 saturated heterocycles. The SMILES string of the molecule is Cc1ccn([C@H](C)c2nnc(SCC(=O)Nc3ccc(Br)cc3F)o2)n1. The van der Waals surface area contributed by atoms with Crippen LogP contribution in [0.25, 0.3) is 0 Å². The van der Waals surface area contributed by atoms with Gasteiger partial charge in [-0.1, -0.05) is 27.7 Å². The number of carbonyl (C=O) groups is 1. The molecule has 0 aliphatic heterocycles. The normalized spacial score (nSPS) is 12.2. The molecule has 0 fully saturated rings. The first-order valence-electron chi connectivity index (χ1n) is 7.65. The summed E-state index contributed by atoms with van der Waals surface area (Å²) in [7, 11) is 0. The summed E-state index contributed by atoms with van der Waals surface area (Å²) in [5.41, 5.74) is 1.01. The molecular formula is C16H15BrFN5O2S. The number of amides is 1. The van der Waals surface area contributed by atoms with Gasteiger partial charge in [0.15, 0.2) is 0 Å². The Kier molecular flexibility index (Phi) is 5.72. The summed E-state index contributed by atoms with van der Waals surface area (Å²) in [6.45, 7) is 3.78. The number of hydrogen-bond acceptors (Lipinski definition) is 6. The molecule has 0 aliphatic carbocycles. The fourth-order valence-electron chi connectivity index (χ4n) is 2.11. The number of anilines is 1. The maximum atomic E-state index is 13.7. The summed E-state index contributed by atoms with van der Waals surface area (Å²) >= 11 is 4.25. The number of carbonyl (C=O) groups excluding carboxylic acids is 1. The molecule has 0 bridgehead atoms. The zero-order valence-electron chi connectivity index (χ0n) is 13.9. The van der Waals surface area contributed by atoms with E-state index in [-0.39, 0.29) is 28.6 Å². The van der Waals surface area contributed by atoms with E-state index in [1.165, 1.54) is 12.1 Å². The minimum absolute atomic E-state index is 0.0202. The van der Waals surface area contributed by atoms with Gasteiger partial charge in [0.1, 0.15) is 11.9 Å². The molecule has 0 spiro atoms. The van der Waals surface area contributed by atoms with Crippen molar-refractivity contribution in [2.45, 2.75) is 25.1 Å². The van der Waals surface area contributed by atoms with Gasteiger partial charge in [-0.2, -0.15) is 5.10 Å². The molecule has 1 N–H and O–H groups in total. The zero-order chi connectivity index (χ0) is 18.7. The summed E-state index contributed by atoms with van der Waals surface area (Å²) in [6.07, 6.45) is 1.83. The molecule has 1 aromatic carbocycles. The summed E-state index contributed by atoms with van der Waals surface area (Å²) in [5.74, 6) is -0.463. The van der Waals surface area contributed by atoms with Crippen LogP contribution in [0.2, 0.25) is 0 Å². The number of benzene rings is 1. The lowest BCUT2D eigenvalue weighted by atomic mass is 10.3. The molecule has 0 saturated carbocycles. The van der Waals surface area contributed by atoms with Gasteiger partial charge in [-0.25, -0.2) is 4.39 Å². The van der Waals surface area contributed by atoms with Crippen LogP contribution in [-0.2, 0) is 4.79 Å². The van der Waals surface area contributed by atoms with Gasteiger partial charge in [0, 0.05) is 10.7 Å². The third-order valence-electron chi connectivity index (χ3n) is 3.45. The molecule has 26 heavy (non-hydrogen) atoms. The van der Waals surface area contributed by atoms with Crippen LogP contribution in [-0.4, -0.2) is 31.6 Å². The van der Waals surface area contributed by atoms with Crippen molar-refractivity contribution in [3.05, 3.63) is 52.3 Å². The number of nitrogens with one attached hydrogen (secondary N) is 1. The van der Waals surface area contributed by atoms with Gasteiger partial charge in [-0.05, 0) is 38.1 Å². The molecule has 0 aliphatic rings. The number of aryl methyl sites for hydroxylation is 1. The Balaban J connectivity index is 1.56. The Morgan fingerprint density at radius 1 is 1.42 bits per heavy atom. The second-order valence-corrected chi connectivity index (χ2v) is 7.32. The highest BCUT2D eigenvalue weighted by Crippen LogP contribution is 2.23. The zero-order valence-corrected chi connectivity index (χ0v) is 16.3. The van der Waals surface area contributed by atoms with Crippen LogP contribution in [0.3, 0.4) is 0 Å². The monoisotopic (exact) mass is 439 g/mol. The van der Waals surface area contributed by atoms with Gasteiger partial charge in [-0.3, -0.25) is 9.48 Å². The molecule has 1 amide bonds. The van der Waals surface area contributed by atoms with Gasteiger partial charge >= 0.3 is 0 Å². The topological polar surface area (TPSA) is 85.8 Å². The van der Waals surface area contributed by atoms with Crippen LogP contribution in [0.1, 0.15) is 24.6 Å². The Morgan fingerprint density at radius 2 is 2.23 bits per heavy atom. The van der Waals surface area contributed by atoms with Crippen LogP contribution < -0.4 is 5.32 Å². The van der Waals surface area contributed by atoms with E-state index < -0.39 is 5.82 Å². The molecule has 0 unspecified atom stereocenters. The first-order chi connectivity index (χ1) is 12.4. The van der Waals surface area contributed by atoms with E-state index in [1.54, 1.807) is 10.7 Å². The fourth-order valence-corrected chi connectivity index (χ4v) is 3.02. The highest BCUT2D eigenvalue weighted by Gasteiger charge is 2.17. The van der Waals surface area contributed by atoms with Crippen molar-refractivity contribution in [1.82, 2.24) is 20.0 Å². The lowest BCUT2D eigenvalue weighted by Crippen LogP contribution is -2.15. The van der Waals surface area contributed by atoms with Gasteiger partial charge in [0.05, 0.1) is 17.1 Å². The Morgan fingerprint density at radius 3 is 2.92 bits per heavy atom. The van der Waals surface area contributed by atoms with Crippen molar-refractivity contribution < 1.29 is 13.6 Å². The Hall–Kier alpha value is -2.20. The number of aromatic nitrogens is 4. The molecule has 0 radical (unpaired) electrons. The third-order valence-corrected chi connectivity index (χ3v) is 4.76. The third kappa shape index (κ3) is 4.50. The number of halogens is 2. The minimum Gasteiger partial charge on any atom is -0.414 e. The van der Waals surface area contributed by atoms with Crippen LogP contribution in [0.4, 0.5) is 10.1 Å². The highest BCUT2D eigenvalue weighted by atomic mass is 79.9. The lowest BCUT2D eigenvalue weighted by Gasteiger charge is -2.06. The molecule has 136 valence electrons. The van der Waals surface area contributed by atoms with Crippen molar-refractivity contribution in [2.75, 3.05) is 11.1 Å². The van der Waals surface area contributed by atoms with Gasteiger partial charge < -0.3 is 9.73 Å². The summed E-state index contributed by atoms with van der Waals surface area (Å²) in [4.78, 5) is 12.0. The number of rotatable bonds is 6. The largest absolute Gasteiger partial charge is 0.414 e. The molecule has 3 aromatic rings. The fraction of sp³-hybridized carbons (Fsp3) is 0.250. The van der Waals surface area contributed by atoms with Gasteiger partial charge in [0.25, 0.3) is 5.22 Å². The molecular weight excluding hydrogens is 425 g/mol. The minimum atomic E-state index is -0.513. The second-order valence-electron chi connectivity index (χ2n) is 5.48. The average Bonchev–Trinajstić information content (AvgIpc) is 3.24. The van der Waals surface area contributed by atoms with Crippen molar-refractivity contribution in [3.63, 3.8) is 0 Å². The standard InChI is InChI=1S/C16H15BrFN5O2S/c1-9-5-6-23(22-9)10(2)15-20-21-16(25-15)26-8-14(24)19-13-4-3-11(17)7-12(13)18/h3-7,10H,8H2,1-2H3,(H,19,24)/t10-/m1/s1. The van der Waals surface area contributed by atoms with Crippen LogP contribution in [0, 0.1) is 12.7 Å². The van der Waals surface area contributed by atoms with E-state index in [9.17, 15) is 9.18 Å². The van der Waals surface area contributed by atoms with Crippen LogP contribution in [0.15, 0.2) is 44.6 Å². The van der Waals surface area contributed by atoms with E-state index in [2.05, 4.69) is 36.5 Å². The second kappa shape index (κ2) is 8.00. The maximum absolute atomic E-state index is 13.7. The number of thioether (sulfide) groups is 1. The quantitative estimate of drug-likeness (QED) is 0.587. The van der Waals surface area contributed by atoms with E-state index in [1.807, 2.05) is 26.1 Å². The van der Waals surface area contributed by atoms with Gasteiger partial charge in [-0.15, -0.1) is 10.2 Å². The predicted octanol–water partition coefficient (Wildman–Crippen LogP) is 3.82. The predicted molar refractivity (Wildman–Crippen MR) is 98.5 cm³/mol. The number of nitrogens with zero attached hydrogens (tertiary/aromatic N) is 4. The molecule has 3 rings (SSSR count). The van der Waals surface area contributed by atoms with E-state index >= 15 is 0 Å². The van der Waals surface area contributed by atoms with Crippen LogP contribution >= 0.6 is 27.7 Å². The number of hydrogen-bond donors (Lipinski definition) is 1. The Labute approximate surface area is 161 Å². The molecule has 2 heterocycles. The van der Waals surface area contributed by atoms with E-state index in [4.69, 9.17) is 4.42 Å². The molecule has 7 nitrogen and oxygen atoms in total. The average molecular weight is 440 g/mol. The molecule has 2 aromatic heterocycles. The van der Waals surface area contributed by atoms with Crippen LogP contribution in [0.5, 0.6) is 0 Å². The highest BCUT2D eigenvalue weighted by molar-refractivity contribution is 9.10. The first-order valence-corrected chi connectivity index (χ1v) is 9.43. The summed E-state index contributed by atoms with van der Waals surface area (Å²) in [5, 5.41) is 15.0. The van der Waals surface area contributed by atoms with Crippen molar-refractivity contribution in [1.29, 1.82) is 0 Å². The van der Waals surface area contributed by atoms with Gasteiger partial charge in [0.2, 0.25) is 11.8 Å². The molecule has 10 heteroatoms. The maximum Gasteiger partial charge on any atom is 0.277 e. The van der Waals surface area contributed by atoms with E-state index in [0.717, 1.165) is 17.5 Å². The smallest absolute Gasteiger partial charge is 0.277 e. The van der Waals surface area contributed by atoms with Crippen molar-refractivity contribution in [3.8, 4) is 0 Å². The summed E-state index contributed by atoms with van der Waals surface area (Å²) < 4.78 is 21.6. The van der Waals surface area contributed by atoms with Crippen molar-refractivity contribution in [2.24, 2.45) is 0 Å². The first kappa shape index (κ1) is 18.6. The summed E-state index contributed by atoms with van der Waals surface area (Å²) in [6, 6.07) is 6.09. The molecule has 1 atom stereocenters. The van der Waals surface area contributed by atoms with E-state index in [0.29, 0.717) is 10.4 Å². The Bertz CT molecular complexity index is 929.